The number of carboxylic acid groups (broad SMARTS) is 2. The molecule has 0 amide bonds. The predicted octanol–water partition coefficient (Wildman–Crippen LogP) is -2.07. The van der Waals surface area contributed by atoms with Crippen molar-refractivity contribution in [2.75, 3.05) is 0 Å². The van der Waals surface area contributed by atoms with E-state index in [1.165, 1.54) is 38.5 Å². The minimum absolute atomic E-state index is 0. The van der Waals surface area contributed by atoms with Crippen LogP contribution in [0.4, 0.5) is 0 Å². The van der Waals surface area contributed by atoms with Gasteiger partial charge in [-0.15, -0.1) is 0 Å². The van der Waals surface area contributed by atoms with Crippen molar-refractivity contribution in [2.45, 2.75) is 71.1 Å². The van der Waals surface area contributed by atoms with E-state index in [0.29, 0.717) is 6.42 Å². The molecule has 4 nitrogen and oxygen atoms in total. The van der Waals surface area contributed by atoms with Crippen molar-refractivity contribution >= 4 is 11.9 Å². The van der Waals surface area contributed by atoms with Crippen molar-refractivity contribution in [3.8, 4) is 0 Å². The second-order valence-electron chi connectivity index (χ2n) is 4.85. The van der Waals surface area contributed by atoms with Crippen LogP contribution in [0.15, 0.2) is 0 Å². The van der Waals surface area contributed by atoms with Crippen LogP contribution in [0.1, 0.15) is 74.0 Å². The van der Waals surface area contributed by atoms with Gasteiger partial charge in [0.25, 0.3) is 0 Å². The molecular formula is C14H28LiNaO4. The minimum atomic E-state index is -1.23. The molecule has 0 aromatic carbocycles. The van der Waals surface area contributed by atoms with Crippen LogP contribution in [0.5, 0.6) is 0 Å². The molecule has 0 saturated heterocycles. The van der Waals surface area contributed by atoms with E-state index in [1.807, 2.05) is 0 Å². The maximum atomic E-state index is 10.6. The first kappa shape index (κ1) is 25.5. The third-order valence-electron chi connectivity index (χ3n) is 3.19. The average molecular weight is 290 g/mol. The molecule has 0 bridgehead atoms. The maximum Gasteiger partial charge on any atom is 1.00 e. The van der Waals surface area contributed by atoms with Crippen LogP contribution in [0.3, 0.4) is 0 Å². The fourth-order valence-corrected chi connectivity index (χ4v) is 2.01. The van der Waals surface area contributed by atoms with Crippen molar-refractivity contribution in [3.63, 3.8) is 0 Å². The number of unbranched alkanes of at least 4 members (excludes halogenated alkanes) is 8. The zero-order valence-corrected chi connectivity index (χ0v) is 15.4. The molecule has 0 saturated carbocycles. The molecular weight excluding hydrogens is 262 g/mol. The van der Waals surface area contributed by atoms with Crippen LogP contribution in [0.25, 0.3) is 0 Å². The first-order valence-corrected chi connectivity index (χ1v) is 7.05. The number of hydrogen-bond acceptors (Lipinski definition) is 2. The van der Waals surface area contributed by atoms with Gasteiger partial charge < -0.3 is 13.1 Å². The normalized spacial score (nSPS) is 9.70. The van der Waals surface area contributed by atoms with E-state index < -0.39 is 17.9 Å². The molecule has 0 aliphatic heterocycles. The molecule has 0 aromatic rings. The van der Waals surface area contributed by atoms with Crippen molar-refractivity contribution in [1.29, 1.82) is 0 Å². The number of carboxylic acids is 2. The molecule has 2 N–H and O–H groups in total. The summed E-state index contributed by atoms with van der Waals surface area (Å²) < 4.78 is 0. The zero-order chi connectivity index (χ0) is 13.8. The van der Waals surface area contributed by atoms with Crippen LogP contribution in [0, 0.1) is 5.92 Å². The van der Waals surface area contributed by atoms with Gasteiger partial charge in [-0.25, -0.2) is 0 Å². The number of aliphatic carboxylic acids is 2. The fourth-order valence-electron chi connectivity index (χ4n) is 2.01. The molecule has 0 atom stereocenters. The van der Waals surface area contributed by atoms with Crippen LogP contribution in [-0.4, -0.2) is 22.2 Å². The van der Waals surface area contributed by atoms with Gasteiger partial charge in [0, 0.05) is 0 Å². The van der Waals surface area contributed by atoms with Crippen LogP contribution in [0.2, 0.25) is 0 Å². The van der Waals surface area contributed by atoms with E-state index in [4.69, 9.17) is 10.2 Å². The monoisotopic (exact) mass is 290 g/mol. The van der Waals surface area contributed by atoms with E-state index in [-0.39, 0.29) is 57.7 Å². The molecule has 0 heterocycles. The van der Waals surface area contributed by atoms with Crippen molar-refractivity contribution in [3.05, 3.63) is 0 Å². The van der Waals surface area contributed by atoms with Crippen LogP contribution < -0.4 is 48.4 Å². The Labute approximate surface area is 159 Å². The van der Waals surface area contributed by atoms with Gasteiger partial charge in [0.15, 0.2) is 5.92 Å². The van der Waals surface area contributed by atoms with Crippen LogP contribution in [-0.2, 0) is 9.59 Å². The number of carbonyl (C=O) groups is 2. The van der Waals surface area contributed by atoms with Gasteiger partial charge in [-0.2, -0.15) is 0 Å². The summed E-state index contributed by atoms with van der Waals surface area (Å²) in [5.74, 6) is -3.67. The van der Waals surface area contributed by atoms with Gasteiger partial charge in [0.1, 0.15) is 0 Å². The molecule has 0 aliphatic rings. The molecule has 20 heavy (non-hydrogen) atoms. The van der Waals surface area contributed by atoms with E-state index in [1.54, 1.807) is 0 Å². The van der Waals surface area contributed by atoms with Gasteiger partial charge in [0.2, 0.25) is 0 Å². The summed E-state index contributed by atoms with van der Waals surface area (Å²) >= 11 is 0. The Balaban J connectivity index is -0.000000241. The van der Waals surface area contributed by atoms with E-state index in [9.17, 15) is 9.59 Å². The summed E-state index contributed by atoms with van der Waals surface area (Å²) in [7, 11) is 0. The Bertz CT molecular complexity index is 245. The summed E-state index contributed by atoms with van der Waals surface area (Å²) in [4.78, 5) is 21.3. The molecule has 110 valence electrons. The third kappa shape index (κ3) is 14.9. The molecule has 0 spiro atoms. The second-order valence-corrected chi connectivity index (χ2v) is 4.85. The molecule has 0 aromatic heterocycles. The van der Waals surface area contributed by atoms with Gasteiger partial charge in [-0.3, -0.25) is 9.59 Å². The quantitative estimate of drug-likeness (QED) is 0.246. The summed E-state index contributed by atoms with van der Waals surface area (Å²) in [6.45, 7) is 2.20. The van der Waals surface area contributed by atoms with Crippen molar-refractivity contribution < 1.29 is 71.1 Å². The Morgan fingerprint density at radius 1 is 0.850 bits per heavy atom. The van der Waals surface area contributed by atoms with Gasteiger partial charge in [-0.05, 0) is 6.42 Å². The standard InChI is InChI=1S/C14H26O4.Li.Na.2H/c1-2-3-4-5-6-7-8-9-10-11-12(13(15)16)14(17)18;;;;/h12H,2-11H2,1H3,(H,15,16)(H,17,18);;;;/q;2*+1;2*-1. The molecule has 0 radical (unpaired) electrons. The van der Waals surface area contributed by atoms with Gasteiger partial charge in [-0.1, -0.05) is 64.7 Å². The molecule has 0 rings (SSSR count). The average Bonchev–Trinajstić information content (AvgIpc) is 2.30. The Morgan fingerprint density at radius 3 is 1.55 bits per heavy atom. The Morgan fingerprint density at radius 2 is 1.20 bits per heavy atom. The molecule has 0 aliphatic carbocycles. The largest absolute Gasteiger partial charge is 1.00 e. The first-order chi connectivity index (χ1) is 8.59. The van der Waals surface area contributed by atoms with Gasteiger partial charge in [0.05, 0.1) is 0 Å². The Kier molecular flexibility index (Phi) is 22.4. The third-order valence-corrected chi connectivity index (χ3v) is 3.19. The maximum absolute atomic E-state index is 10.6. The summed E-state index contributed by atoms with van der Waals surface area (Å²) in [5.41, 5.74) is 0. The fraction of sp³-hybridized carbons (Fsp3) is 0.857. The number of hydrogen-bond donors (Lipinski definition) is 2. The van der Waals surface area contributed by atoms with E-state index in [0.717, 1.165) is 12.8 Å². The minimum Gasteiger partial charge on any atom is -1.00 e. The SMILES string of the molecule is CCCCCCCCCCCC(C(=O)O)C(=O)O.[H-].[H-].[Li+].[Na+]. The number of rotatable bonds is 12. The van der Waals surface area contributed by atoms with Crippen LogP contribution >= 0.6 is 0 Å². The molecule has 6 heteroatoms. The predicted molar refractivity (Wildman–Crippen MR) is 72.8 cm³/mol. The summed E-state index contributed by atoms with van der Waals surface area (Å²) in [5, 5.41) is 17.4. The topological polar surface area (TPSA) is 74.6 Å². The van der Waals surface area contributed by atoms with Gasteiger partial charge >= 0.3 is 60.4 Å². The second kappa shape index (κ2) is 17.6. The smallest absolute Gasteiger partial charge is 1.00 e. The van der Waals surface area contributed by atoms with Crippen molar-refractivity contribution in [2.24, 2.45) is 5.92 Å². The molecule has 0 fully saturated rings. The van der Waals surface area contributed by atoms with E-state index in [2.05, 4.69) is 6.92 Å². The summed E-state index contributed by atoms with van der Waals surface area (Å²) in [6, 6.07) is 0. The summed E-state index contributed by atoms with van der Waals surface area (Å²) in [6.07, 6.45) is 10.5. The van der Waals surface area contributed by atoms with E-state index >= 15 is 0 Å². The zero-order valence-electron chi connectivity index (χ0n) is 15.4. The Hall–Kier alpha value is 0.537. The molecule has 0 unspecified atom stereocenters. The first-order valence-electron chi connectivity index (χ1n) is 7.05. The van der Waals surface area contributed by atoms with Crippen molar-refractivity contribution in [1.82, 2.24) is 0 Å².